The lowest BCUT2D eigenvalue weighted by Gasteiger charge is -2.10. The molecule has 20 heavy (non-hydrogen) atoms. The van der Waals surface area contributed by atoms with Crippen LogP contribution in [0.5, 0.6) is 0 Å². The van der Waals surface area contributed by atoms with Crippen LogP contribution in [0.1, 0.15) is 40.6 Å². The van der Waals surface area contributed by atoms with Crippen molar-refractivity contribution < 1.29 is 14.3 Å². The van der Waals surface area contributed by atoms with E-state index in [0.717, 1.165) is 23.3 Å². The van der Waals surface area contributed by atoms with Crippen LogP contribution in [0.25, 0.3) is 0 Å². The highest BCUT2D eigenvalue weighted by Gasteiger charge is 2.25. The first kappa shape index (κ1) is 14.8. The highest BCUT2D eigenvalue weighted by atomic mass is 32.1. The number of allylic oxidation sites excluding steroid dienone is 2. The molecular weight excluding hydrogens is 274 g/mol. The third-order valence-corrected chi connectivity index (χ3v) is 4.60. The van der Waals surface area contributed by atoms with Crippen molar-refractivity contribution in [1.82, 2.24) is 0 Å². The minimum absolute atomic E-state index is 0.0206. The van der Waals surface area contributed by atoms with Gasteiger partial charge < -0.3 is 10.1 Å². The predicted octanol–water partition coefficient (Wildman–Crippen LogP) is 3.45. The Labute approximate surface area is 122 Å². The van der Waals surface area contributed by atoms with E-state index in [1.807, 2.05) is 26.0 Å². The van der Waals surface area contributed by atoms with Crippen molar-refractivity contribution >= 4 is 28.2 Å². The summed E-state index contributed by atoms with van der Waals surface area (Å²) in [5.74, 6) is -0.413. The monoisotopic (exact) mass is 293 g/mol. The summed E-state index contributed by atoms with van der Waals surface area (Å²) in [6.07, 6.45) is 5.57. The lowest BCUT2D eigenvalue weighted by molar-refractivity contribution is -0.119. The Morgan fingerprint density at radius 3 is 2.60 bits per heavy atom. The van der Waals surface area contributed by atoms with Crippen molar-refractivity contribution in [3.63, 3.8) is 0 Å². The van der Waals surface area contributed by atoms with Gasteiger partial charge in [-0.05, 0) is 39.2 Å². The van der Waals surface area contributed by atoms with Crippen LogP contribution < -0.4 is 5.32 Å². The molecule has 2 rings (SSSR count). The zero-order chi connectivity index (χ0) is 14.7. The number of esters is 1. The molecule has 0 bridgehead atoms. The van der Waals surface area contributed by atoms with Crippen LogP contribution in [0, 0.1) is 19.8 Å². The number of anilines is 1. The van der Waals surface area contributed by atoms with Gasteiger partial charge >= 0.3 is 5.97 Å². The molecule has 1 N–H and O–H groups in total. The molecular formula is C15H19NO3S. The van der Waals surface area contributed by atoms with E-state index in [1.54, 1.807) is 6.92 Å². The first-order valence-electron chi connectivity index (χ1n) is 6.77. The fourth-order valence-corrected chi connectivity index (χ4v) is 3.26. The average molecular weight is 293 g/mol. The molecule has 1 amide bonds. The number of rotatable bonds is 4. The summed E-state index contributed by atoms with van der Waals surface area (Å²) in [7, 11) is 0. The van der Waals surface area contributed by atoms with Crippen LogP contribution in [0.2, 0.25) is 0 Å². The lowest BCUT2D eigenvalue weighted by Crippen LogP contribution is -2.21. The van der Waals surface area contributed by atoms with Crippen LogP contribution in [-0.2, 0) is 9.53 Å². The predicted molar refractivity (Wildman–Crippen MR) is 80.2 cm³/mol. The second-order valence-corrected chi connectivity index (χ2v) is 6.06. The molecule has 1 aliphatic rings. The molecule has 1 aromatic rings. The SMILES string of the molecule is CCOC(=O)c1c(NC(=O)C2CC=CC2)sc(C)c1C. The summed E-state index contributed by atoms with van der Waals surface area (Å²) in [6.45, 7) is 5.92. The normalized spacial score (nSPS) is 14.6. The van der Waals surface area contributed by atoms with Crippen molar-refractivity contribution in [3.8, 4) is 0 Å². The second-order valence-electron chi connectivity index (χ2n) is 4.84. The molecule has 0 radical (unpaired) electrons. The zero-order valence-electron chi connectivity index (χ0n) is 12.0. The van der Waals surface area contributed by atoms with Gasteiger partial charge in [0.1, 0.15) is 5.00 Å². The highest BCUT2D eigenvalue weighted by Crippen LogP contribution is 2.34. The molecule has 0 spiro atoms. The molecule has 0 saturated heterocycles. The maximum absolute atomic E-state index is 12.2. The Balaban J connectivity index is 2.20. The number of carbonyl (C=O) groups is 2. The largest absolute Gasteiger partial charge is 0.462 e. The maximum atomic E-state index is 12.2. The molecule has 4 nitrogen and oxygen atoms in total. The lowest BCUT2D eigenvalue weighted by atomic mass is 10.1. The van der Waals surface area contributed by atoms with Crippen molar-refractivity contribution in [2.45, 2.75) is 33.6 Å². The number of carbonyl (C=O) groups excluding carboxylic acids is 2. The van der Waals surface area contributed by atoms with Crippen LogP contribution in [0.4, 0.5) is 5.00 Å². The van der Waals surface area contributed by atoms with E-state index in [0.29, 0.717) is 17.2 Å². The van der Waals surface area contributed by atoms with Gasteiger partial charge in [-0.15, -0.1) is 11.3 Å². The molecule has 0 saturated carbocycles. The molecule has 0 aromatic carbocycles. The van der Waals surface area contributed by atoms with Crippen LogP contribution in [0.15, 0.2) is 12.2 Å². The van der Waals surface area contributed by atoms with Crippen molar-refractivity contribution in [2.24, 2.45) is 5.92 Å². The van der Waals surface area contributed by atoms with Crippen molar-refractivity contribution in [1.29, 1.82) is 0 Å². The molecule has 5 heteroatoms. The number of aryl methyl sites for hydroxylation is 1. The molecule has 1 aromatic heterocycles. The van der Waals surface area contributed by atoms with E-state index in [1.165, 1.54) is 11.3 Å². The number of nitrogens with one attached hydrogen (secondary N) is 1. The molecule has 0 atom stereocenters. The van der Waals surface area contributed by atoms with Gasteiger partial charge in [-0.25, -0.2) is 4.79 Å². The summed E-state index contributed by atoms with van der Waals surface area (Å²) in [5.41, 5.74) is 1.38. The summed E-state index contributed by atoms with van der Waals surface area (Å²) >= 11 is 1.43. The number of hydrogen-bond acceptors (Lipinski definition) is 4. The topological polar surface area (TPSA) is 55.4 Å². The Kier molecular flexibility index (Phi) is 4.60. The van der Waals surface area contributed by atoms with Gasteiger partial charge in [0.2, 0.25) is 5.91 Å². The van der Waals surface area contributed by atoms with Crippen LogP contribution >= 0.6 is 11.3 Å². The maximum Gasteiger partial charge on any atom is 0.341 e. The van der Waals surface area contributed by atoms with Gasteiger partial charge in [-0.1, -0.05) is 12.2 Å². The minimum atomic E-state index is -0.366. The number of ether oxygens (including phenoxy) is 1. The summed E-state index contributed by atoms with van der Waals surface area (Å²) < 4.78 is 5.07. The Hall–Kier alpha value is -1.62. The molecule has 0 aliphatic heterocycles. The second kappa shape index (κ2) is 6.22. The molecule has 1 heterocycles. The van der Waals surface area contributed by atoms with E-state index in [4.69, 9.17) is 4.74 Å². The first-order chi connectivity index (χ1) is 9.54. The third kappa shape index (κ3) is 2.93. The van der Waals surface area contributed by atoms with Gasteiger partial charge in [0.05, 0.1) is 12.2 Å². The Morgan fingerprint density at radius 1 is 1.35 bits per heavy atom. The average Bonchev–Trinajstić information content (AvgIpc) is 3.00. The molecule has 0 fully saturated rings. The first-order valence-corrected chi connectivity index (χ1v) is 7.59. The Bertz CT molecular complexity index is 552. The zero-order valence-corrected chi connectivity index (χ0v) is 12.8. The number of hydrogen-bond donors (Lipinski definition) is 1. The van der Waals surface area contributed by atoms with E-state index < -0.39 is 0 Å². The van der Waals surface area contributed by atoms with Gasteiger partial charge in [-0.3, -0.25) is 4.79 Å². The van der Waals surface area contributed by atoms with Crippen molar-refractivity contribution in [3.05, 3.63) is 28.2 Å². The Morgan fingerprint density at radius 2 is 2.00 bits per heavy atom. The summed E-state index contributed by atoms with van der Waals surface area (Å²) in [5, 5.41) is 3.50. The molecule has 1 aliphatic carbocycles. The van der Waals surface area contributed by atoms with Gasteiger partial charge in [-0.2, -0.15) is 0 Å². The van der Waals surface area contributed by atoms with Crippen LogP contribution in [0.3, 0.4) is 0 Å². The van der Waals surface area contributed by atoms with E-state index in [-0.39, 0.29) is 17.8 Å². The van der Waals surface area contributed by atoms with Gasteiger partial charge in [0, 0.05) is 10.8 Å². The third-order valence-electron chi connectivity index (χ3n) is 3.48. The fraction of sp³-hybridized carbons (Fsp3) is 0.467. The van der Waals surface area contributed by atoms with Crippen molar-refractivity contribution in [2.75, 3.05) is 11.9 Å². The fourth-order valence-electron chi connectivity index (χ4n) is 2.21. The molecule has 0 unspecified atom stereocenters. The quantitative estimate of drug-likeness (QED) is 0.683. The standard InChI is InChI=1S/C15H19NO3S/c1-4-19-15(18)12-9(2)10(3)20-14(12)16-13(17)11-7-5-6-8-11/h5-6,11H,4,7-8H2,1-3H3,(H,16,17). The smallest absolute Gasteiger partial charge is 0.341 e. The summed E-state index contributed by atoms with van der Waals surface area (Å²) in [6, 6.07) is 0. The minimum Gasteiger partial charge on any atom is -0.462 e. The van der Waals surface area contributed by atoms with E-state index in [9.17, 15) is 9.59 Å². The van der Waals surface area contributed by atoms with Crippen LogP contribution in [-0.4, -0.2) is 18.5 Å². The number of amides is 1. The van der Waals surface area contributed by atoms with E-state index in [2.05, 4.69) is 5.32 Å². The van der Waals surface area contributed by atoms with Gasteiger partial charge in [0.25, 0.3) is 0 Å². The van der Waals surface area contributed by atoms with E-state index >= 15 is 0 Å². The number of thiophene rings is 1. The molecule has 108 valence electrons. The summed E-state index contributed by atoms with van der Waals surface area (Å²) in [4.78, 5) is 25.2. The highest BCUT2D eigenvalue weighted by molar-refractivity contribution is 7.16. The van der Waals surface area contributed by atoms with Gasteiger partial charge in [0.15, 0.2) is 0 Å².